The van der Waals surface area contributed by atoms with E-state index in [9.17, 15) is 0 Å². The van der Waals surface area contributed by atoms with Gasteiger partial charge in [-0.05, 0) is 61.3 Å². The first-order chi connectivity index (χ1) is 7.20. The lowest BCUT2D eigenvalue weighted by molar-refractivity contribution is -0.0333. The first-order valence-electron chi connectivity index (χ1n) is 6.34. The molecule has 5 rings (SSSR count). The summed E-state index contributed by atoms with van der Waals surface area (Å²) in [5, 5.41) is 0. The van der Waals surface area contributed by atoms with E-state index in [0.29, 0.717) is 5.92 Å². The van der Waals surface area contributed by atoms with Crippen molar-refractivity contribution in [3.05, 3.63) is 18.4 Å². The van der Waals surface area contributed by atoms with Crippen molar-refractivity contribution in [1.29, 1.82) is 0 Å². The summed E-state index contributed by atoms with van der Waals surface area (Å²) in [4.78, 5) is 0. The second kappa shape index (κ2) is 2.26. The van der Waals surface area contributed by atoms with Crippen LogP contribution in [0.2, 0.25) is 0 Å². The van der Waals surface area contributed by atoms with E-state index in [-0.39, 0.29) is 5.54 Å². The highest BCUT2D eigenvalue weighted by atomic mass is 14.9. The average Bonchev–Trinajstić information content (AvgIpc) is 2.52. The number of hydrogen-bond donors (Lipinski definition) is 1. The Hall–Kier alpha value is -0.520. The minimum absolute atomic E-state index is 0.130. The molecule has 2 bridgehead atoms. The molecule has 0 amide bonds. The molecule has 5 aliphatic carbocycles. The van der Waals surface area contributed by atoms with Gasteiger partial charge in [0, 0.05) is 11.5 Å². The van der Waals surface area contributed by atoms with E-state index in [1.807, 2.05) is 0 Å². The molecule has 0 heterocycles. The minimum atomic E-state index is 0.130. The largest absolute Gasteiger partial charge is 0.325 e. The van der Waals surface area contributed by atoms with Gasteiger partial charge in [0.1, 0.15) is 0 Å². The van der Waals surface area contributed by atoms with Crippen LogP contribution < -0.4 is 5.73 Å². The van der Waals surface area contributed by atoms with Gasteiger partial charge in [-0.25, -0.2) is 0 Å². The summed E-state index contributed by atoms with van der Waals surface area (Å²) in [6, 6.07) is 0. The van der Waals surface area contributed by atoms with Gasteiger partial charge < -0.3 is 5.73 Å². The molecule has 5 aliphatic rings. The van der Waals surface area contributed by atoms with E-state index in [1.165, 1.54) is 32.1 Å². The van der Waals surface area contributed by atoms with Gasteiger partial charge in [-0.15, -0.1) is 5.73 Å². The first kappa shape index (κ1) is 8.61. The Labute approximate surface area is 91.4 Å². The smallest absolute Gasteiger partial charge is 0.0235 e. The van der Waals surface area contributed by atoms with Crippen molar-refractivity contribution < 1.29 is 0 Å². The van der Waals surface area contributed by atoms with Crippen LogP contribution in [0.1, 0.15) is 32.1 Å². The fourth-order valence-electron chi connectivity index (χ4n) is 5.36. The van der Waals surface area contributed by atoms with Gasteiger partial charge in [-0.1, -0.05) is 6.58 Å². The molecule has 0 aromatic carbocycles. The van der Waals surface area contributed by atoms with Crippen molar-refractivity contribution in [3.63, 3.8) is 0 Å². The summed E-state index contributed by atoms with van der Waals surface area (Å²) in [7, 11) is 0. The standard InChI is InChI=1S/C14H19N/c1-2-3-10-9-6-13(8-14(10,15)7-9)11-4-5-12(11)13/h3,9-12H,1,4-8,15H2. The van der Waals surface area contributed by atoms with E-state index in [4.69, 9.17) is 5.73 Å². The highest BCUT2D eigenvalue weighted by molar-refractivity contribution is 5.29. The lowest BCUT2D eigenvalue weighted by Crippen LogP contribution is -2.65. The van der Waals surface area contributed by atoms with E-state index >= 15 is 0 Å². The van der Waals surface area contributed by atoms with E-state index in [2.05, 4.69) is 18.4 Å². The van der Waals surface area contributed by atoms with Crippen molar-refractivity contribution in [2.45, 2.75) is 37.6 Å². The van der Waals surface area contributed by atoms with Crippen molar-refractivity contribution in [2.75, 3.05) is 0 Å². The minimum Gasteiger partial charge on any atom is -0.325 e. The number of rotatable bonds is 1. The maximum atomic E-state index is 6.54. The molecular weight excluding hydrogens is 182 g/mol. The predicted octanol–water partition coefficient (Wildman–Crippen LogP) is 2.48. The van der Waals surface area contributed by atoms with Crippen LogP contribution in [0.25, 0.3) is 0 Å². The highest BCUT2D eigenvalue weighted by Crippen LogP contribution is 2.80. The molecule has 5 atom stereocenters. The van der Waals surface area contributed by atoms with Gasteiger partial charge >= 0.3 is 0 Å². The predicted molar refractivity (Wildman–Crippen MR) is 60.1 cm³/mol. The molecule has 1 heteroatoms. The SMILES string of the molecule is C=C=CC1C2CC1(N)CC1(C2)C2CCC21. The molecule has 0 aromatic heterocycles. The van der Waals surface area contributed by atoms with Gasteiger partial charge in [-0.2, -0.15) is 0 Å². The molecule has 1 spiro atoms. The van der Waals surface area contributed by atoms with Crippen LogP contribution in [-0.4, -0.2) is 5.54 Å². The van der Waals surface area contributed by atoms with Gasteiger partial charge in [0.15, 0.2) is 0 Å². The third kappa shape index (κ3) is 0.788. The van der Waals surface area contributed by atoms with Gasteiger partial charge in [0.2, 0.25) is 0 Å². The molecule has 0 aromatic rings. The normalized spacial score (nSPS) is 63.5. The molecule has 5 saturated carbocycles. The van der Waals surface area contributed by atoms with E-state index in [1.54, 1.807) is 0 Å². The van der Waals surface area contributed by atoms with Crippen LogP contribution in [0.4, 0.5) is 0 Å². The summed E-state index contributed by atoms with van der Waals surface area (Å²) in [6.45, 7) is 3.70. The number of hydrogen-bond acceptors (Lipinski definition) is 1. The fraction of sp³-hybridized carbons (Fsp3) is 0.786. The quantitative estimate of drug-likeness (QED) is 0.648. The monoisotopic (exact) mass is 201 g/mol. The highest BCUT2D eigenvalue weighted by Gasteiger charge is 2.75. The molecule has 0 radical (unpaired) electrons. The van der Waals surface area contributed by atoms with Gasteiger partial charge in [0.05, 0.1) is 0 Å². The zero-order chi connectivity index (χ0) is 10.3. The molecule has 0 saturated heterocycles. The van der Waals surface area contributed by atoms with Crippen molar-refractivity contribution in [1.82, 2.24) is 0 Å². The van der Waals surface area contributed by atoms with Crippen LogP contribution in [0.15, 0.2) is 18.4 Å². The number of nitrogens with two attached hydrogens (primary N) is 1. The molecule has 5 unspecified atom stereocenters. The topological polar surface area (TPSA) is 26.0 Å². The Kier molecular flexibility index (Phi) is 1.30. The van der Waals surface area contributed by atoms with Crippen molar-refractivity contribution in [2.24, 2.45) is 34.8 Å². The van der Waals surface area contributed by atoms with E-state index in [0.717, 1.165) is 23.2 Å². The molecule has 5 fully saturated rings. The summed E-state index contributed by atoms with van der Waals surface area (Å²) >= 11 is 0. The molecule has 0 aliphatic heterocycles. The second-order valence-electron chi connectivity index (χ2n) is 6.50. The molecule has 15 heavy (non-hydrogen) atoms. The molecular formula is C14H19N. The fourth-order valence-corrected chi connectivity index (χ4v) is 5.36. The number of fused-ring (bicyclic) bond motifs is 1. The van der Waals surface area contributed by atoms with Crippen molar-refractivity contribution in [3.8, 4) is 0 Å². The summed E-state index contributed by atoms with van der Waals surface area (Å²) in [5.41, 5.74) is 10.4. The van der Waals surface area contributed by atoms with Crippen LogP contribution in [-0.2, 0) is 0 Å². The molecule has 1 nitrogen and oxygen atoms in total. The zero-order valence-corrected chi connectivity index (χ0v) is 9.21. The second-order valence-corrected chi connectivity index (χ2v) is 6.50. The van der Waals surface area contributed by atoms with Crippen LogP contribution in [0.3, 0.4) is 0 Å². The Morgan fingerprint density at radius 2 is 2.00 bits per heavy atom. The summed E-state index contributed by atoms with van der Waals surface area (Å²) in [6.07, 6.45) is 9.16. The lowest BCUT2D eigenvalue weighted by atomic mass is 9.48. The Morgan fingerprint density at radius 3 is 2.53 bits per heavy atom. The Balaban J connectivity index is 1.63. The first-order valence-corrected chi connectivity index (χ1v) is 6.34. The molecule has 80 valence electrons. The third-order valence-corrected chi connectivity index (χ3v) is 6.05. The molecule has 2 N–H and O–H groups in total. The zero-order valence-electron chi connectivity index (χ0n) is 9.21. The van der Waals surface area contributed by atoms with Gasteiger partial charge in [0.25, 0.3) is 0 Å². The van der Waals surface area contributed by atoms with Gasteiger partial charge in [-0.3, -0.25) is 0 Å². The van der Waals surface area contributed by atoms with Crippen LogP contribution in [0.5, 0.6) is 0 Å². The van der Waals surface area contributed by atoms with Crippen molar-refractivity contribution >= 4 is 0 Å². The van der Waals surface area contributed by atoms with E-state index < -0.39 is 0 Å². The maximum absolute atomic E-state index is 6.54. The third-order valence-electron chi connectivity index (χ3n) is 6.05. The average molecular weight is 201 g/mol. The summed E-state index contributed by atoms with van der Waals surface area (Å²) in [5.74, 6) is 3.62. The Bertz CT molecular complexity index is 369. The van der Waals surface area contributed by atoms with Crippen LogP contribution in [0, 0.1) is 29.1 Å². The van der Waals surface area contributed by atoms with Crippen LogP contribution >= 0.6 is 0 Å². The lowest BCUT2D eigenvalue weighted by Gasteiger charge is -2.59. The summed E-state index contributed by atoms with van der Waals surface area (Å²) < 4.78 is 0. The maximum Gasteiger partial charge on any atom is 0.0235 e. The Morgan fingerprint density at radius 1 is 1.27 bits per heavy atom.